The molecule has 0 saturated carbocycles. The van der Waals surface area contributed by atoms with Gasteiger partial charge >= 0.3 is 0 Å². The second kappa shape index (κ2) is 7.59. The number of imidazole rings is 1. The van der Waals surface area contributed by atoms with Gasteiger partial charge in [-0.3, -0.25) is 0 Å². The molecule has 1 unspecified atom stereocenters. The molecule has 1 atom stereocenters. The van der Waals surface area contributed by atoms with E-state index in [0.717, 1.165) is 17.8 Å². The van der Waals surface area contributed by atoms with Crippen molar-refractivity contribution in [1.82, 2.24) is 9.55 Å². The molecular formula is C16H21BrClFN2. The van der Waals surface area contributed by atoms with Crippen LogP contribution >= 0.6 is 27.5 Å². The van der Waals surface area contributed by atoms with Gasteiger partial charge in [0.05, 0.1) is 21.4 Å². The van der Waals surface area contributed by atoms with Gasteiger partial charge in [0.25, 0.3) is 0 Å². The number of hydrogen-bond acceptors (Lipinski definition) is 1. The summed E-state index contributed by atoms with van der Waals surface area (Å²) in [5.41, 5.74) is 1.62. The fraction of sp³-hybridized carbons (Fsp3) is 0.562. The van der Waals surface area contributed by atoms with Crippen LogP contribution in [0, 0.1) is 5.82 Å². The van der Waals surface area contributed by atoms with Crippen molar-refractivity contribution in [2.45, 2.75) is 57.9 Å². The number of nitrogens with zero attached hydrogens (tertiary/aromatic N) is 2. The zero-order chi connectivity index (χ0) is 15.4. The average Bonchev–Trinajstić information content (AvgIpc) is 2.81. The fourth-order valence-corrected chi connectivity index (χ4v) is 3.24. The Morgan fingerprint density at radius 1 is 1.33 bits per heavy atom. The normalized spacial score (nSPS) is 13.0. The Bertz CT molecular complexity index is 612. The van der Waals surface area contributed by atoms with Crippen molar-refractivity contribution in [3.8, 4) is 0 Å². The minimum atomic E-state index is -0.288. The number of unbranched alkanes of at least 4 members (excludes halogenated alkanes) is 3. The molecule has 0 aliphatic carbocycles. The maximum absolute atomic E-state index is 13.7. The van der Waals surface area contributed by atoms with E-state index in [1.165, 1.54) is 31.7 Å². The molecule has 2 aromatic rings. The zero-order valence-corrected chi connectivity index (χ0v) is 14.8. The van der Waals surface area contributed by atoms with E-state index in [2.05, 4.69) is 39.3 Å². The van der Waals surface area contributed by atoms with Gasteiger partial charge in [-0.2, -0.15) is 0 Å². The Balaban J connectivity index is 2.30. The largest absolute Gasteiger partial charge is 0.324 e. The van der Waals surface area contributed by atoms with Gasteiger partial charge in [-0.05, 0) is 35.3 Å². The number of fused-ring (bicyclic) bond motifs is 1. The second-order valence-corrected chi connectivity index (χ2v) is 6.61. The quantitative estimate of drug-likeness (QED) is 0.415. The highest BCUT2D eigenvalue weighted by atomic mass is 79.9. The topological polar surface area (TPSA) is 17.8 Å². The molecule has 2 nitrogen and oxygen atoms in total. The number of benzene rings is 1. The first-order valence-electron chi connectivity index (χ1n) is 7.50. The molecule has 0 fully saturated rings. The SMILES string of the molecule is CCCCCCC(C)n1c(CCl)nc2cc(F)c(Br)cc21. The summed E-state index contributed by atoms with van der Waals surface area (Å²) < 4.78 is 16.3. The number of aromatic nitrogens is 2. The van der Waals surface area contributed by atoms with Crippen molar-refractivity contribution in [3.05, 3.63) is 28.2 Å². The van der Waals surface area contributed by atoms with Crippen LogP contribution in [0.5, 0.6) is 0 Å². The average molecular weight is 376 g/mol. The molecule has 1 aromatic carbocycles. The molecule has 0 spiro atoms. The lowest BCUT2D eigenvalue weighted by atomic mass is 10.1. The fourth-order valence-electron chi connectivity index (χ4n) is 2.72. The van der Waals surface area contributed by atoms with Crippen LogP contribution in [-0.4, -0.2) is 9.55 Å². The monoisotopic (exact) mass is 374 g/mol. The number of alkyl halides is 1. The summed E-state index contributed by atoms with van der Waals surface area (Å²) in [6.45, 7) is 4.39. The minimum Gasteiger partial charge on any atom is -0.324 e. The van der Waals surface area contributed by atoms with Gasteiger partial charge in [0.1, 0.15) is 11.6 Å². The summed E-state index contributed by atoms with van der Waals surface area (Å²) in [6.07, 6.45) is 6.04. The van der Waals surface area contributed by atoms with Gasteiger partial charge in [-0.15, -0.1) is 11.6 Å². The van der Waals surface area contributed by atoms with Crippen LogP contribution in [0.3, 0.4) is 0 Å². The predicted molar refractivity (Wildman–Crippen MR) is 90.4 cm³/mol. The van der Waals surface area contributed by atoms with E-state index in [1.807, 2.05) is 0 Å². The van der Waals surface area contributed by atoms with Gasteiger partial charge in [-0.1, -0.05) is 32.6 Å². The van der Waals surface area contributed by atoms with Gasteiger partial charge in [0, 0.05) is 12.1 Å². The molecule has 2 rings (SSSR count). The molecule has 0 amide bonds. The molecule has 1 heterocycles. The summed E-state index contributed by atoms with van der Waals surface area (Å²) in [6, 6.07) is 3.59. The van der Waals surface area contributed by atoms with Gasteiger partial charge in [0.2, 0.25) is 0 Å². The molecule has 116 valence electrons. The Kier molecular flexibility index (Phi) is 6.06. The van der Waals surface area contributed by atoms with Crippen molar-refractivity contribution in [2.24, 2.45) is 0 Å². The van der Waals surface area contributed by atoms with Crippen molar-refractivity contribution in [2.75, 3.05) is 0 Å². The summed E-state index contributed by atoms with van der Waals surface area (Å²) >= 11 is 9.28. The van der Waals surface area contributed by atoms with E-state index in [4.69, 9.17) is 11.6 Å². The predicted octanol–water partition coefficient (Wildman–Crippen LogP) is 6.21. The third-order valence-electron chi connectivity index (χ3n) is 3.84. The highest BCUT2D eigenvalue weighted by Gasteiger charge is 2.17. The summed E-state index contributed by atoms with van der Waals surface area (Å²) in [7, 11) is 0. The summed E-state index contributed by atoms with van der Waals surface area (Å²) in [5, 5.41) is 0. The van der Waals surface area contributed by atoms with Crippen LogP contribution in [0.1, 0.15) is 57.8 Å². The molecule has 1 aromatic heterocycles. The van der Waals surface area contributed by atoms with Crippen molar-refractivity contribution in [1.29, 1.82) is 0 Å². The first-order valence-corrected chi connectivity index (χ1v) is 8.83. The molecule has 0 N–H and O–H groups in total. The van der Waals surface area contributed by atoms with Crippen LogP contribution < -0.4 is 0 Å². The van der Waals surface area contributed by atoms with E-state index in [9.17, 15) is 4.39 Å². The Labute approximate surface area is 138 Å². The van der Waals surface area contributed by atoms with Crippen molar-refractivity contribution >= 4 is 38.6 Å². The lowest BCUT2D eigenvalue weighted by Crippen LogP contribution is -2.08. The molecular weight excluding hydrogens is 355 g/mol. The molecule has 0 saturated heterocycles. The van der Waals surface area contributed by atoms with E-state index >= 15 is 0 Å². The van der Waals surface area contributed by atoms with Crippen LogP contribution in [0.15, 0.2) is 16.6 Å². The Hall–Kier alpha value is -0.610. The zero-order valence-electron chi connectivity index (χ0n) is 12.5. The smallest absolute Gasteiger partial charge is 0.139 e. The third-order valence-corrected chi connectivity index (χ3v) is 4.69. The van der Waals surface area contributed by atoms with Gasteiger partial charge in [0.15, 0.2) is 0 Å². The van der Waals surface area contributed by atoms with E-state index in [1.54, 1.807) is 6.07 Å². The van der Waals surface area contributed by atoms with Crippen LogP contribution in [0.25, 0.3) is 11.0 Å². The Morgan fingerprint density at radius 3 is 2.76 bits per heavy atom. The van der Waals surface area contributed by atoms with Crippen LogP contribution in [0.4, 0.5) is 4.39 Å². The van der Waals surface area contributed by atoms with Crippen molar-refractivity contribution < 1.29 is 4.39 Å². The lowest BCUT2D eigenvalue weighted by molar-refractivity contribution is 0.472. The summed E-state index contributed by atoms with van der Waals surface area (Å²) in [5.74, 6) is 0.865. The second-order valence-electron chi connectivity index (χ2n) is 5.49. The minimum absolute atomic E-state index is 0.288. The molecule has 0 aliphatic heterocycles. The highest BCUT2D eigenvalue weighted by Crippen LogP contribution is 2.29. The number of rotatable bonds is 7. The standard InChI is InChI=1S/C16H21BrClFN2/c1-3-4-5-6-7-11(2)21-15-8-12(17)13(19)9-14(15)20-16(21)10-18/h8-9,11H,3-7,10H2,1-2H3. The molecule has 0 radical (unpaired) electrons. The lowest BCUT2D eigenvalue weighted by Gasteiger charge is -2.17. The maximum Gasteiger partial charge on any atom is 0.139 e. The van der Waals surface area contributed by atoms with E-state index < -0.39 is 0 Å². The first-order chi connectivity index (χ1) is 10.1. The molecule has 0 aliphatic rings. The van der Waals surface area contributed by atoms with Crippen LogP contribution in [0.2, 0.25) is 0 Å². The van der Waals surface area contributed by atoms with E-state index in [0.29, 0.717) is 21.9 Å². The van der Waals surface area contributed by atoms with Gasteiger partial charge in [-0.25, -0.2) is 9.37 Å². The number of halogens is 3. The van der Waals surface area contributed by atoms with Crippen LogP contribution in [-0.2, 0) is 5.88 Å². The number of hydrogen-bond donors (Lipinski definition) is 0. The summed E-state index contributed by atoms with van der Waals surface area (Å²) in [4.78, 5) is 4.47. The molecule has 0 bridgehead atoms. The maximum atomic E-state index is 13.7. The third kappa shape index (κ3) is 3.78. The van der Waals surface area contributed by atoms with Gasteiger partial charge < -0.3 is 4.57 Å². The highest BCUT2D eigenvalue weighted by molar-refractivity contribution is 9.10. The molecule has 21 heavy (non-hydrogen) atoms. The Morgan fingerprint density at radius 2 is 2.10 bits per heavy atom. The van der Waals surface area contributed by atoms with E-state index in [-0.39, 0.29) is 5.82 Å². The first kappa shape index (κ1) is 16.8. The molecule has 5 heteroatoms. The van der Waals surface area contributed by atoms with Crippen molar-refractivity contribution in [3.63, 3.8) is 0 Å².